The monoisotopic (exact) mass is 276 g/mol. The molecule has 2 N–H and O–H groups in total. The number of hydrogen-bond acceptors (Lipinski definition) is 2. The standard InChI is InChI=1S/C14H16N2O2S/c1-19(18)10-9-15-14(17)13-8-7-12(16-13)11-5-3-2-4-6-11/h2-8,16H,9-10H2,1H3,(H,15,17)/t19-/m0/s1. The first-order valence-electron chi connectivity index (χ1n) is 5.99. The summed E-state index contributed by atoms with van der Waals surface area (Å²) in [6, 6.07) is 13.4. The van der Waals surface area contributed by atoms with Crippen LogP contribution in [0.15, 0.2) is 42.5 Å². The molecule has 0 fully saturated rings. The van der Waals surface area contributed by atoms with Gasteiger partial charge in [0.2, 0.25) is 0 Å². The molecule has 1 aromatic carbocycles. The zero-order valence-electron chi connectivity index (χ0n) is 10.7. The Balaban J connectivity index is 2.01. The van der Waals surface area contributed by atoms with Gasteiger partial charge in [-0.15, -0.1) is 0 Å². The normalized spacial score (nSPS) is 12.1. The third kappa shape index (κ3) is 3.79. The van der Waals surface area contributed by atoms with Gasteiger partial charge in [0.25, 0.3) is 5.91 Å². The molecule has 19 heavy (non-hydrogen) atoms. The van der Waals surface area contributed by atoms with Gasteiger partial charge in [0.1, 0.15) is 5.69 Å². The van der Waals surface area contributed by atoms with Crippen LogP contribution in [0.1, 0.15) is 10.5 Å². The van der Waals surface area contributed by atoms with Gasteiger partial charge in [-0.3, -0.25) is 9.00 Å². The second-order valence-corrected chi connectivity index (χ2v) is 5.74. The maximum Gasteiger partial charge on any atom is 0.267 e. The van der Waals surface area contributed by atoms with Crippen molar-refractivity contribution in [3.05, 3.63) is 48.2 Å². The summed E-state index contributed by atoms with van der Waals surface area (Å²) in [4.78, 5) is 14.9. The van der Waals surface area contributed by atoms with Gasteiger partial charge in [-0.1, -0.05) is 30.3 Å². The average Bonchev–Trinajstić information content (AvgIpc) is 2.89. The van der Waals surface area contributed by atoms with Crippen LogP contribution in [0.4, 0.5) is 0 Å². The lowest BCUT2D eigenvalue weighted by molar-refractivity contribution is 0.0952. The van der Waals surface area contributed by atoms with Gasteiger partial charge in [0.05, 0.1) is 0 Å². The highest BCUT2D eigenvalue weighted by Gasteiger charge is 2.08. The quantitative estimate of drug-likeness (QED) is 0.874. The highest BCUT2D eigenvalue weighted by atomic mass is 32.2. The van der Waals surface area contributed by atoms with Crippen LogP contribution in [0.2, 0.25) is 0 Å². The summed E-state index contributed by atoms with van der Waals surface area (Å²) < 4.78 is 10.9. The Morgan fingerprint density at radius 3 is 2.63 bits per heavy atom. The molecule has 0 radical (unpaired) electrons. The van der Waals surface area contributed by atoms with E-state index in [2.05, 4.69) is 10.3 Å². The first-order valence-corrected chi connectivity index (χ1v) is 7.72. The summed E-state index contributed by atoms with van der Waals surface area (Å²) in [5.41, 5.74) is 2.46. The van der Waals surface area contributed by atoms with Crippen molar-refractivity contribution in [2.75, 3.05) is 18.6 Å². The van der Waals surface area contributed by atoms with Crippen molar-refractivity contribution in [1.82, 2.24) is 10.3 Å². The second-order valence-electron chi connectivity index (χ2n) is 4.18. The number of nitrogens with one attached hydrogen (secondary N) is 2. The van der Waals surface area contributed by atoms with Gasteiger partial charge < -0.3 is 10.3 Å². The molecule has 1 atom stereocenters. The lowest BCUT2D eigenvalue weighted by atomic mass is 10.2. The molecule has 0 saturated carbocycles. The molecule has 1 amide bonds. The average molecular weight is 276 g/mol. The molecule has 0 spiro atoms. The number of aromatic amines is 1. The van der Waals surface area contributed by atoms with Crippen LogP contribution < -0.4 is 5.32 Å². The molecule has 5 heteroatoms. The van der Waals surface area contributed by atoms with Crippen molar-refractivity contribution in [2.45, 2.75) is 0 Å². The molecule has 1 heterocycles. The Labute approximate surface area is 114 Å². The SMILES string of the molecule is C[S@](=O)CCNC(=O)c1ccc(-c2ccccc2)[nH]1. The summed E-state index contributed by atoms with van der Waals surface area (Å²) in [5, 5.41) is 2.73. The van der Waals surface area contributed by atoms with Gasteiger partial charge in [-0.05, 0) is 17.7 Å². The van der Waals surface area contributed by atoms with E-state index in [-0.39, 0.29) is 5.91 Å². The van der Waals surface area contributed by atoms with Gasteiger partial charge in [0.15, 0.2) is 0 Å². The number of hydrogen-bond donors (Lipinski definition) is 2. The highest BCUT2D eigenvalue weighted by Crippen LogP contribution is 2.17. The topological polar surface area (TPSA) is 62.0 Å². The Morgan fingerprint density at radius 2 is 1.95 bits per heavy atom. The van der Waals surface area contributed by atoms with E-state index in [9.17, 15) is 9.00 Å². The third-order valence-electron chi connectivity index (χ3n) is 2.69. The molecule has 2 rings (SSSR count). The fraction of sp³-hybridized carbons (Fsp3) is 0.214. The number of H-pyrrole nitrogens is 1. The van der Waals surface area contributed by atoms with Gasteiger partial charge in [-0.2, -0.15) is 0 Å². The number of aromatic nitrogens is 1. The number of benzene rings is 1. The maximum absolute atomic E-state index is 11.8. The van der Waals surface area contributed by atoms with E-state index in [0.717, 1.165) is 11.3 Å². The van der Waals surface area contributed by atoms with Crippen LogP contribution in [0.3, 0.4) is 0 Å². The lowest BCUT2D eigenvalue weighted by Gasteiger charge is -2.02. The fourth-order valence-electron chi connectivity index (χ4n) is 1.72. The number of rotatable bonds is 5. The van der Waals surface area contributed by atoms with Crippen LogP contribution in [0, 0.1) is 0 Å². The van der Waals surface area contributed by atoms with Crippen LogP contribution in [0.25, 0.3) is 11.3 Å². The number of carbonyl (C=O) groups is 1. The third-order valence-corrected chi connectivity index (χ3v) is 3.47. The van der Waals surface area contributed by atoms with Gasteiger partial charge in [0, 0.05) is 35.0 Å². The van der Waals surface area contributed by atoms with E-state index in [1.165, 1.54) is 0 Å². The summed E-state index contributed by atoms with van der Waals surface area (Å²) in [6.45, 7) is 0.418. The molecular weight excluding hydrogens is 260 g/mol. The molecule has 0 saturated heterocycles. The molecule has 1 aromatic heterocycles. The molecule has 2 aromatic rings. The smallest absolute Gasteiger partial charge is 0.267 e. The minimum Gasteiger partial charge on any atom is -0.351 e. The Bertz CT molecular complexity index is 578. The predicted octanol–water partition coefficient (Wildman–Crippen LogP) is 1.79. The molecule has 0 aliphatic heterocycles. The van der Waals surface area contributed by atoms with Crippen molar-refractivity contribution in [3.8, 4) is 11.3 Å². The van der Waals surface area contributed by atoms with E-state index < -0.39 is 10.8 Å². The van der Waals surface area contributed by atoms with Crippen LogP contribution >= 0.6 is 0 Å². The lowest BCUT2D eigenvalue weighted by Crippen LogP contribution is -2.27. The van der Waals surface area contributed by atoms with Gasteiger partial charge >= 0.3 is 0 Å². The Kier molecular flexibility index (Phi) is 4.52. The molecule has 0 unspecified atom stereocenters. The zero-order valence-corrected chi connectivity index (χ0v) is 11.5. The summed E-state index contributed by atoms with van der Waals surface area (Å²) >= 11 is 0. The predicted molar refractivity (Wildman–Crippen MR) is 77.5 cm³/mol. The van der Waals surface area contributed by atoms with E-state index in [0.29, 0.717) is 18.0 Å². The minimum atomic E-state index is -0.888. The molecular formula is C14H16N2O2S. The first-order chi connectivity index (χ1) is 9.16. The summed E-state index contributed by atoms with van der Waals surface area (Å²) in [5.74, 6) is 0.297. The van der Waals surface area contributed by atoms with Crippen LogP contribution in [-0.2, 0) is 10.8 Å². The van der Waals surface area contributed by atoms with E-state index in [4.69, 9.17) is 0 Å². The Hall–Kier alpha value is -1.88. The molecule has 4 nitrogen and oxygen atoms in total. The van der Waals surface area contributed by atoms with Crippen LogP contribution in [-0.4, -0.2) is 33.7 Å². The zero-order chi connectivity index (χ0) is 13.7. The summed E-state index contributed by atoms with van der Waals surface area (Å²) in [6.07, 6.45) is 1.62. The molecule has 0 bridgehead atoms. The van der Waals surface area contributed by atoms with Crippen molar-refractivity contribution < 1.29 is 9.00 Å². The molecule has 0 aliphatic rings. The highest BCUT2D eigenvalue weighted by molar-refractivity contribution is 7.84. The van der Waals surface area contributed by atoms with E-state index in [1.54, 1.807) is 12.3 Å². The fourth-order valence-corrected chi connectivity index (χ4v) is 2.11. The first kappa shape index (κ1) is 13.5. The van der Waals surface area contributed by atoms with Crippen molar-refractivity contribution >= 4 is 16.7 Å². The van der Waals surface area contributed by atoms with Crippen molar-refractivity contribution in [2.24, 2.45) is 0 Å². The number of amides is 1. The minimum absolute atomic E-state index is 0.173. The molecule has 100 valence electrons. The molecule has 0 aliphatic carbocycles. The van der Waals surface area contributed by atoms with E-state index >= 15 is 0 Å². The Morgan fingerprint density at radius 1 is 1.21 bits per heavy atom. The van der Waals surface area contributed by atoms with E-state index in [1.807, 2.05) is 36.4 Å². The van der Waals surface area contributed by atoms with Crippen molar-refractivity contribution in [3.63, 3.8) is 0 Å². The second kappa shape index (κ2) is 6.33. The van der Waals surface area contributed by atoms with Crippen molar-refractivity contribution in [1.29, 1.82) is 0 Å². The number of carbonyl (C=O) groups excluding carboxylic acids is 1. The summed E-state index contributed by atoms with van der Waals surface area (Å²) in [7, 11) is -0.888. The van der Waals surface area contributed by atoms with Gasteiger partial charge in [-0.25, -0.2) is 0 Å². The van der Waals surface area contributed by atoms with Crippen LogP contribution in [0.5, 0.6) is 0 Å². The largest absolute Gasteiger partial charge is 0.351 e. The maximum atomic E-state index is 11.8.